The Balaban J connectivity index is 3.38. The van der Waals surface area contributed by atoms with Gasteiger partial charge in [-0.2, -0.15) is 0 Å². The predicted molar refractivity (Wildman–Crippen MR) is 61.6 cm³/mol. The highest BCUT2D eigenvalue weighted by Crippen LogP contribution is 1.97. The molecule has 0 aliphatic heterocycles. The Hall–Kier alpha value is -0.610. The molecule has 1 atom stereocenters. The maximum atomic E-state index is 11.4. The molecule has 1 amide bonds. The molecule has 0 saturated heterocycles. The summed E-state index contributed by atoms with van der Waals surface area (Å²) in [4.78, 5) is 11.4. The molecule has 0 aliphatic rings. The van der Waals surface area contributed by atoms with Crippen molar-refractivity contribution >= 4 is 5.91 Å². The second-order valence-electron chi connectivity index (χ2n) is 3.59. The molecule has 0 radical (unpaired) electrons. The van der Waals surface area contributed by atoms with Crippen LogP contribution in [0.15, 0.2) is 0 Å². The minimum atomic E-state index is -0.350. The predicted octanol–water partition coefficient (Wildman–Crippen LogP) is 1.05. The third-order valence-electron chi connectivity index (χ3n) is 2.17. The van der Waals surface area contributed by atoms with Gasteiger partial charge in [-0.05, 0) is 19.8 Å². The topological polar surface area (TPSA) is 64.4 Å². The molecule has 0 aromatic heterocycles. The summed E-state index contributed by atoms with van der Waals surface area (Å²) in [6.07, 6.45) is 3.70. The highest BCUT2D eigenvalue weighted by molar-refractivity contribution is 5.81. The minimum absolute atomic E-state index is 0.0417. The normalized spacial score (nSPS) is 12.5. The standard InChI is InChI=1S/C11H24N2O2/c1-3-5-7-10(12)11(14)13-8-6-9-15-4-2/h10H,3-9,12H2,1-2H3,(H,13,14)/t10-/m0/s1. The zero-order valence-corrected chi connectivity index (χ0v) is 9.92. The van der Waals surface area contributed by atoms with Crippen molar-refractivity contribution in [3.8, 4) is 0 Å². The second kappa shape index (κ2) is 9.93. The van der Waals surface area contributed by atoms with Crippen LogP contribution in [0, 0.1) is 0 Å². The van der Waals surface area contributed by atoms with E-state index in [0.717, 1.165) is 32.3 Å². The van der Waals surface area contributed by atoms with Gasteiger partial charge in [0.05, 0.1) is 6.04 Å². The van der Waals surface area contributed by atoms with Crippen molar-refractivity contribution in [2.75, 3.05) is 19.8 Å². The lowest BCUT2D eigenvalue weighted by molar-refractivity contribution is -0.122. The van der Waals surface area contributed by atoms with E-state index in [1.165, 1.54) is 0 Å². The van der Waals surface area contributed by atoms with E-state index in [1.54, 1.807) is 0 Å². The van der Waals surface area contributed by atoms with E-state index in [2.05, 4.69) is 12.2 Å². The number of carbonyl (C=O) groups excluding carboxylic acids is 1. The number of rotatable bonds is 9. The lowest BCUT2D eigenvalue weighted by Crippen LogP contribution is -2.41. The van der Waals surface area contributed by atoms with Gasteiger partial charge in [-0.1, -0.05) is 19.8 Å². The molecule has 4 heteroatoms. The van der Waals surface area contributed by atoms with Gasteiger partial charge < -0.3 is 15.8 Å². The average Bonchev–Trinajstić information content (AvgIpc) is 2.25. The lowest BCUT2D eigenvalue weighted by atomic mass is 10.1. The number of nitrogens with two attached hydrogens (primary N) is 1. The summed E-state index contributed by atoms with van der Waals surface area (Å²) in [5, 5.41) is 2.81. The molecule has 0 aliphatic carbocycles. The molecule has 0 fully saturated rings. The van der Waals surface area contributed by atoms with Crippen molar-refractivity contribution in [2.24, 2.45) is 5.73 Å². The van der Waals surface area contributed by atoms with Gasteiger partial charge in [0.15, 0.2) is 0 Å². The van der Waals surface area contributed by atoms with E-state index in [4.69, 9.17) is 10.5 Å². The van der Waals surface area contributed by atoms with Gasteiger partial charge in [0.2, 0.25) is 5.91 Å². The van der Waals surface area contributed by atoms with Crippen molar-refractivity contribution in [1.29, 1.82) is 0 Å². The second-order valence-corrected chi connectivity index (χ2v) is 3.59. The van der Waals surface area contributed by atoms with E-state index in [-0.39, 0.29) is 11.9 Å². The summed E-state index contributed by atoms with van der Waals surface area (Å²) in [6, 6.07) is -0.350. The van der Waals surface area contributed by atoms with E-state index >= 15 is 0 Å². The first kappa shape index (κ1) is 14.4. The average molecular weight is 216 g/mol. The number of ether oxygens (including phenoxy) is 1. The van der Waals surface area contributed by atoms with Crippen molar-refractivity contribution in [2.45, 2.75) is 45.6 Å². The van der Waals surface area contributed by atoms with E-state index in [1.807, 2.05) is 6.92 Å². The van der Waals surface area contributed by atoms with Crippen molar-refractivity contribution < 1.29 is 9.53 Å². The first-order chi connectivity index (χ1) is 7.22. The Labute approximate surface area is 92.6 Å². The Morgan fingerprint density at radius 2 is 2.13 bits per heavy atom. The number of amides is 1. The quantitative estimate of drug-likeness (QED) is 0.566. The first-order valence-electron chi connectivity index (χ1n) is 5.83. The van der Waals surface area contributed by atoms with Gasteiger partial charge in [0.25, 0.3) is 0 Å². The third kappa shape index (κ3) is 8.39. The van der Waals surface area contributed by atoms with Crippen LogP contribution in [-0.2, 0) is 9.53 Å². The van der Waals surface area contributed by atoms with E-state index in [9.17, 15) is 4.79 Å². The van der Waals surface area contributed by atoms with Crippen LogP contribution in [0.1, 0.15) is 39.5 Å². The lowest BCUT2D eigenvalue weighted by Gasteiger charge is -2.11. The molecular formula is C11H24N2O2. The summed E-state index contributed by atoms with van der Waals surface area (Å²) in [7, 11) is 0. The Bertz CT molecular complexity index is 163. The molecule has 90 valence electrons. The molecule has 3 N–H and O–H groups in total. The molecular weight excluding hydrogens is 192 g/mol. The molecule has 0 spiro atoms. The van der Waals surface area contributed by atoms with Crippen LogP contribution in [-0.4, -0.2) is 31.7 Å². The summed E-state index contributed by atoms with van der Waals surface area (Å²) >= 11 is 0. The van der Waals surface area contributed by atoms with Crippen molar-refractivity contribution in [3.63, 3.8) is 0 Å². The van der Waals surface area contributed by atoms with Gasteiger partial charge in [0.1, 0.15) is 0 Å². The fraction of sp³-hybridized carbons (Fsp3) is 0.909. The summed E-state index contributed by atoms with van der Waals surface area (Å²) < 4.78 is 5.16. The van der Waals surface area contributed by atoms with Crippen LogP contribution in [0.25, 0.3) is 0 Å². The molecule has 15 heavy (non-hydrogen) atoms. The Morgan fingerprint density at radius 3 is 2.73 bits per heavy atom. The maximum Gasteiger partial charge on any atom is 0.236 e. The molecule has 4 nitrogen and oxygen atoms in total. The van der Waals surface area contributed by atoms with Crippen LogP contribution in [0.2, 0.25) is 0 Å². The van der Waals surface area contributed by atoms with Gasteiger partial charge in [0, 0.05) is 19.8 Å². The molecule has 0 unspecified atom stereocenters. The fourth-order valence-corrected chi connectivity index (χ4v) is 1.22. The van der Waals surface area contributed by atoms with E-state index < -0.39 is 0 Å². The third-order valence-corrected chi connectivity index (χ3v) is 2.17. The summed E-state index contributed by atoms with van der Waals surface area (Å²) in [5.41, 5.74) is 5.70. The summed E-state index contributed by atoms with van der Waals surface area (Å²) in [6.45, 7) is 6.12. The zero-order chi connectivity index (χ0) is 11.5. The zero-order valence-electron chi connectivity index (χ0n) is 9.92. The number of nitrogens with one attached hydrogen (secondary N) is 1. The smallest absolute Gasteiger partial charge is 0.236 e. The van der Waals surface area contributed by atoms with Crippen molar-refractivity contribution in [1.82, 2.24) is 5.32 Å². The van der Waals surface area contributed by atoms with E-state index in [0.29, 0.717) is 13.2 Å². The highest BCUT2D eigenvalue weighted by Gasteiger charge is 2.11. The summed E-state index contributed by atoms with van der Waals surface area (Å²) in [5.74, 6) is -0.0417. The molecule has 0 heterocycles. The van der Waals surface area contributed by atoms with Crippen molar-refractivity contribution in [3.05, 3.63) is 0 Å². The van der Waals surface area contributed by atoms with Crippen LogP contribution >= 0.6 is 0 Å². The highest BCUT2D eigenvalue weighted by atomic mass is 16.5. The molecule has 0 aromatic carbocycles. The van der Waals surface area contributed by atoms with Crippen LogP contribution < -0.4 is 11.1 Å². The van der Waals surface area contributed by atoms with Gasteiger partial charge in [-0.3, -0.25) is 4.79 Å². The van der Waals surface area contributed by atoms with Crippen LogP contribution in [0.3, 0.4) is 0 Å². The van der Waals surface area contributed by atoms with Gasteiger partial charge in [-0.15, -0.1) is 0 Å². The number of hydrogen-bond acceptors (Lipinski definition) is 3. The largest absolute Gasteiger partial charge is 0.382 e. The monoisotopic (exact) mass is 216 g/mol. The molecule has 0 saturated carbocycles. The number of unbranched alkanes of at least 4 members (excludes halogenated alkanes) is 1. The molecule has 0 rings (SSSR count). The molecule has 0 aromatic rings. The number of carbonyl (C=O) groups is 1. The first-order valence-corrected chi connectivity index (χ1v) is 5.83. The Morgan fingerprint density at radius 1 is 1.40 bits per heavy atom. The Kier molecular flexibility index (Phi) is 9.52. The number of hydrogen-bond donors (Lipinski definition) is 2. The van der Waals surface area contributed by atoms with Crippen LogP contribution in [0.4, 0.5) is 0 Å². The van der Waals surface area contributed by atoms with Gasteiger partial charge in [-0.25, -0.2) is 0 Å². The van der Waals surface area contributed by atoms with Gasteiger partial charge >= 0.3 is 0 Å². The minimum Gasteiger partial charge on any atom is -0.382 e. The maximum absolute atomic E-state index is 11.4. The fourth-order valence-electron chi connectivity index (χ4n) is 1.22. The SMILES string of the molecule is CCCC[C@H](N)C(=O)NCCCOCC. The molecule has 0 bridgehead atoms. The van der Waals surface area contributed by atoms with Crippen LogP contribution in [0.5, 0.6) is 0 Å².